The lowest BCUT2D eigenvalue weighted by Crippen LogP contribution is -2.31. The molecule has 2 N–H and O–H groups in total. The van der Waals surface area contributed by atoms with Crippen LogP contribution < -0.4 is 10.6 Å². The van der Waals surface area contributed by atoms with Crippen molar-refractivity contribution < 1.29 is 18.0 Å². The lowest BCUT2D eigenvalue weighted by Gasteiger charge is -2.19. The molecule has 0 saturated carbocycles. The second-order valence-electron chi connectivity index (χ2n) is 7.09. The van der Waals surface area contributed by atoms with Crippen LogP contribution in [-0.4, -0.2) is 37.6 Å². The molecule has 0 aliphatic rings. The molecule has 0 atom stereocenters. The van der Waals surface area contributed by atoms with Crippen LogP contribution in [-0.2, 0) is 10.0 Å². The summed E-state index contributed by atoms with van der Waals surface area (Å²) in [4.78, 5) is 24.9. The topological polar surface area (TPSA) is 95.6 Å². The summed E-state index contributed by atoms with van der Waals surface area (Å²) in [5.41, 5.74) is 1.75. The summed E-state index contributed by atoms with van der Waals surface area (Å²) >= 11 is 6.13. The van der Waals surface area contributed by atoms with E-state index in [0.717, 1.165) is 0 Å². The van der Waals surface area contributed by atoms with Gasteiger partial charge in [0.1, 0.15) is 4.90 Å². The summed E-state index contributed by atoms with van der Waals surface area (Å²) in [6.07, 6.45) is 0. The van der Waals surface area contributed by atoms with Crippen molar-refractivity contribution in [1.82, 2.24) is 4.31 Å². The molecule has 33 heavy (non-hydrogen) atoms. The Bertz CT molecular complexity index is 1240. The van der Waals surface area contributed by atoms with Crippen molar-refractivity contribution in [3.05, 3.63) is 88.9 Å². The van der Waals surface area contributed by atoms with Gasteiger partial charge in [-0.2, -0.15) is 4.31 Å². The van der Waals surface area contributed by atoms with Gasteiger partial charge in [0.05, 0.1) is 5.02 Å². The van der Waals surface area contributed by atoms with E-state index in [-0.39, 0.29) is 21.4 Å². The van der Waals surface area contributed by atoms with Gasteiger partial charge in [-0.1, -0.05) is 43.6 Å². The first-order valence-corrected chi connectivity index (χ1v) is 12.2. The molecule has 9 heteroatoms. The number of benzene rings is 3. The van der Waals surface area contributed by atoms with Gasteiger partial charge in [-0.3, -0.25) is 9.59 Å². The fourth-order valence-corrected chi connectivity index (χ4v) is 5.14. The largest absolute Gasteiger partial charge is 0.322 e. The number of halogens is 1. The summed E-state index contributed by atoms with van der Waals surface area (Å²) in [6, 6.07) is 19.6. The van der Waals surface area contributed by atoms with Crippen LogP contribution in [0, 0.1) is 0 Å². The Balaban J connectivity index is 1.73. The minimum absolute atomic E-state index is 0.0527. The average Bonchev–Trinajstić information content (AvgIpc) is 2.81. The van der Waals surface area contributed by atoms with E-state index in [0.29, 0.717) is 30.0 Å². The molecule has 0 heterocycles. The molecular formula is C24H24ClN3O4S. The van der Waals surface area contributed by atoms with E-state index >= 15 is 0 Å². The van der Waals surface area contributed by atoms with Crippen molar-refractivity contribution in [3.8, 4) is 0 Å². The first-order valence-electron chi connectivity index (χ1n) is 10.3. The Hall–Kier alpha value is -3.20. The Morgan fingerprint density at radius 2 is 1.30 bits per heavy atom. The standard InChI is InChI=1S/C24H24ClN3O4S/c1-3-28(4-2)33(31,32)22-16-18(10-15-21(22)25)24(30)27-20-13-11-19(12-14-20)26-23(29)17-8-6-5-7-9-17/h5-16H,3-4H2,1-2H3,(H,26,29)(H,27,30). The molecule has 0 spiro atoms. The quantitative estimate of drug-likeness (QED) is 0.475. The van der Waals surface area contributed by atoms with E-state index in [9.17, 15) is 18.0 Å². The van der Waals surface area contributed by atoms with Crippen molar-refractivity contribution in [2.45, 2.75) is 18.7 Å². The fourth-order valence-electron chi connectivity index (χ4n) is 3.18. The van der Waals surface area contributed by atoms with Crippen LogP contribution in [0.1, 0.15) is 34.6 Å². The van der Waals surface area contributed by atoms with Gasteiger partial charge in [-0.05, 0) is 54.6 Å². The molecule has 0 fully saturated rings. The maximum absolute atomic E-state index is 12.9. The van der Waals surface area contributed by atoms with Crippen molar-refractivity contribution in [2.24, 2.45) is 0 Å². The number of rotatable bonds is 8. The van der Waals surface area contributed by atoms with Gasteiger partial charge in [-0.15, -0.1) is 0 Å². The molecule has 0 aliphatic carbocycles. The van der Waals surface area contributed by atoms with Gasteiger partial charge in [0.15, 0.2) is 0 Å². The molecule has 3 aromatic carbocycles. The Morgan fingerprint density at radius 3 is 1.82 bits per heavy atom. The molecule has 7 nitrogen and oxygen atoms in total. The van der Waals surface area contributed by atoms with E-state index in [4.69, 9.17) is 11.6 Å². The average molecular weight is 486 g/mol. The van der Waals surface area contributed by atoms with Gasteiger partial charge >= 0.3 is 0 Å². The summed E-state index contributed by atoms with van der Waals surface area (Å²) < 4.78 is 27.0. The molecule has 0 saturated heterocycles. The van der Waals surface area contributed by atoms with Gasteiger partial charge in [0.25, 0.3) is 11.8 Å². The lowest BCUT2D eigenvalue weighted by molar-refractivity contribution is 0.101. The number of amides is 2. The Labute approximate surface area is 198 Å². The molecule has 0 radical (unpaired) electrons. The van der Waals surface area contributed by atoms with Crippen molar-refractivity contribution in [1.29, 1.82) is 0 Å². The number of nitrogens with one attached hydrogen (secondary N) is 2. The summed E-state index contributed by atoms with van der Waals surface area (Å²) in [6.45, 7) is 4.05. The predicted octanol–water partition coefficient (Wildman–Crippen LogP) is 4.88. The zero-order valence-corrected chi connectivity index (χ0v) is 19.8. The molecule has 172 valence electrons. The first-order chi connectivity index (χ1) is 15.8. The molecule has 0 bridgehead atoms. The van der Waals surface area contributed by atoms with Crippen molar-refractivity contribution >= 4 is 44.8 Å². The number of anilines is 2. The second-order valence-corrected chi connectivity index (χ2v) is 9.40. The van der Waals surface area contributed by atoms with Gasteiger partial charge in [-0.25, -0.2) is 8.42 Å². The molecule has 0 aliphatic heterocycles. The highest BCUT2D eigenvalue weighted by atomic mass is 35.5. The maximum Gasteiger partial charge on any atom is 0.255 e. The van der Waals surface area contributed by atoms with Crippen LogP contribution in [0.15, 0.2) is 77.7 Å². The number of carbonyl (C=O) groups excluding carboxylic acids is 2. The Kier molecular flexibility index (Phi) is 7.86. The highest BCUT2D eigenvalue weighted by Crippen LogP contribution is 2.26. The number of sulfonamides is 1. The number of carbonyl (C=O) groups is 2. The number of hydrogen-bond donors (Lipinski definition) is 2. The van der Waals surface area contributed by atoms with Crippen LogP contribution in [0.2, 0.25) is 5.02 Å². The monoisotopic (exact) mass is 485 g/mol. The van der Waals surface area contributed by atoms with E-state index in [2.05, 4.69) is 10.6 Å². The van der Waals surface area contributed by atoms with Crippen molar-refractivity contribution in [3.63, 3.8) is 0 Å². The number of hydrogen-bond acceptors (Lipinski definition) is 4. The Morgan fingerprint density at radius 1 is 0.788 bits per heavy atom. The molecule has 2 amide bonds. The summed E-state index contributed by atoms with van der Waals surface area (Å²) in [5, 5.41) is 5.56. The summed E-state index contributed by atoms with van der Waals surface area (Å²) in [5.74, 6) is -0.723. The van der Waals surface area contributed by atoms with Gasteiger partial charge in [0.2, 0.25) is 10.0 Å². The molecular weight excluding hydrogens is 462 g/mol. The highest BCUT2D eigenvalue weighted by molar-refractivity contribution is 7.89. The van der Waals surface area contributed by atoms with E-state index < -0.39 is 15.9 Å². The minimum Gasteiger partial charge on any atom is -0.322 e. The zero-order valence-electron chi connectivity index (χ0n) is 18.2. The maximum atomic E-state index is 12.9. The smallest absolute Gasteiger partial charge is 0.255 e. The first kappa shape index (κ1) is 24.4. The minimum atomic E-state index is -3.82. The summed E-state index contributed by atoms with van der Waals surface area (Å²) in [7, 11) is -3.82. The second kappa shape index (κ2) is 10.6. The van der Waals surface area contributed by atoms with E-state index in [1.807, 2.05) is 6.07 Å². The molecule has 3 rings (SSSR count). The van der Waals surface area contributed by atoms with Crippen LogP contribution in [0.5, 0.6) is 0 Å². The van der Waals surface area contributed by atoms with Gasteiger partial charge < -0.3 is 10.6 Å². The number of nitrogens with zero attached hydrogens (tertiary/aromatic N) is 1. The van der Waals surface area contributed by atoms with E-state index in [1.165, 1.54) is 22.5 Å². The third-order valence-corrected chi connectivity index (χ3v) is 7.48. The highest BCUT2D eigenvalue weighted by Gasteiger charge is 2.25. The third kappa shape index (κ3) is 5.78. The third-order valence-electron chi connectivity index (χ3n) is 4.95. The van der Waals surface area contributed by atoms with Crippen LogP contribution >= 0.6 is 11.6 Å². The van der Waals surface area contributed by atoms with E-state index in [1.54, 1.807) is 62.4 Å². The normalized spacial score (nSPS) is 11.3. The van der Waals surface area contributed by atoms with Crippen LogP contribution in [0.25, 0.3) is 0 Å². The van der Waals surface area contributed by atoms with Crippen LogP contribution in [0.3, 0.4) is 0 Å². The molecule has 0 aromatic heterocycles. The van der Waals surface area contributed by atoms with Gasteiger partial charge in [0, 0.05) is 35.6 Å². The lowest BCUT2D eigenvalue weighted by atomic mass is 10.2. The molecule has 3 aromatic rings. The molecule has 0 unspecified atom stereocenters. The zero-order chi connectivity index (χ0) is 24.0. The van der Waals surface area contributed by atoms with Crippen LogP contribution in [0.4, 0.5) is 11.4 Å². The predicted molar refractivity (Wildman–Crippen MR) is 130 cm³/mol. The fraction of sp³-hybridized carbons (Fsp3) is 0.167. The SMILES string of the molecule is CCN(CC)S(=O)(=O)c1cc(C(=O)Nc2ccc(NC(=O)c3ccccc3)cc2)ccc1Cl. The van der Waals surface area contributed by atoms with Crippen molar-refractivity contribution in [2.75, 3.05) is 23.7 Å².